The molecule has 0 spiro atoms. The molecule has 0 fully saturated rings. The minimum Gasteiger partial charge on any atom is -0.507 e. The Morgan fingerprint density at radius 1 is 1.36 bits per heavy atom. The Labute approximate surface area is 83.6 Å². The molecule has 0 aliphatic heterocycles. The van der Waals surface area contributed by atoms with Crippen molar-refractivity contribution in [3.63, 3.8) is 0 Å². The predicted octanol–water partition coefficient (Wildman–Crippen LogP) is 2.39. The Morgan fingerprint density at radius 2 is 2.00 bits per heavy atom. The molecule has 1 aliphatic carbocycles. The summed E-state index contributed by atoms with van der Waals surface area (Å²) >= 11 is 0. The van der Waals surface area contributed by atoms with Crippen LogP contribution >= 0.6 is 0 Å². The molecule has 0 unspecified atom stereocenters. The van der Waals surface area contributed by atoms with E-state index >= 15 is 0 Å². The highest BCUT2D eigenvalue weighted by Gasteiger charge is 2.22. The molecule has 0 amide bonds. The zero-order valence-corrected chi connectivity index (χ0v) is 8.55. The minimum atomic E-state index is -0.0272. The molecular formula is C12H14O2. The van der Waals surface area contributed by atoms with Gasteiger partial charge in [-0.3, -0.25) is 4.79 Å². The fraction of sp³-hybridized carbons (Fsp3) is 0.417. The molecule has 2 heteroatoms. The van der Waals surface area contributed by atoms with Crippen LogP contribution in [0.3, 0.4) is 0 Å². The number of aromatic hydroxyl groups is 1. The first kappa shape index (κ1) is 9.25. The van der Waals surface area contributed by atoms with Gasteiger partial charge in [0.15, 0.2) is 5.78 Å². The predicted molar refractivity (Wildman–Crippen MR) is 54.9 cm³/mol. The highest BCUT2D eigenvalue weighted by atomic mass is 16.3. The van der Waals surface area contributed by atoms with Crippen molar-refractivity contribution >= 4 is 5.78 Å². The molecule has 1 aromatic rings. The molecule has 0 aromatic heterocycles. The zero-order valence-electron chi connectivity index (χ0n) is 8.55. The van der Waals surface area contributed by atoms with E-state index < -0.39 is 0 Å². The first-order chi connectivity index (χ1) is 6.61. The number of hydrogen-bond acceptors (Lipinski definition) is 2. The van der Waals surface area contributed by atoms with Crippen molar-refractivity contribution in [3.05, 3.63) is 28.3 Å². The number of rotatable bonds is 1. The van der Waals surface area contributed by atoms with Gasteiger partial charge in [0.05, 0.1) is 5.56 Å². The number of Topliss-reactive ketones (excluding diaryl/α,β-unsaturated/α-hetero) is 1. The van der Waals surface area contributed by atoms with E-state index in [4.69, 9.17) is 0 Å². The number of hydrogen-bond donors (Lipinski definition) is 1. The molecule has 0 saturated carbocycles. The Balaban J connectivity index is 2.72. The summed E-state index contributed by atoms with van der Waals surface area (Å²) < 4.78 is 0. The fourth-order valence-electron chi connectivity index (χ4n) is 2.37. The standard InChI is InChI=1S/C12H14O2/c1-7-6-11(14)12(8(2)13)10-5-3-4-9(7)10/h6,14H,3-5H2,1-2H3. The maximum Gasteiger partial charge on any atom is 0.163 e. The van der Waals surface area contributed by atoms with Crippen LogP contribution in [-0.4, -0.2) is 10.9 Å². The monoisotopic (exact) mass is 190 g/mol. The lowest BCUT2D eigenvalue weighted by Crippen LogP contribution is -2.01. The van der Waals surface area contributed by atoms with E-state index in [1.54, 1.807) is 6.07 Å². The maximum absolute atomic E-state index is 11.4. The van der Waals surface area contributed by atoms with Gasteiger partial charge in [0.25, 0.3) is 0 Å². The van der Waals surface area contributed by atoms with E-state index in [0.717, 1.165) is 30.4 Å². The molecule has 14 heavy (non-hydrogen) atoms. The van der Waals surface area contributed by atoms with E-state index in [2.05, 4.69) is 0 Å². The van der Waals surface area contributed by atoms with Crippen LogP contribution in [0.5, 0.6) is 5.75 Å². The van der Waals surface area contributed by atoms with Crippen molar-refractivity contribution in [2.75, 3.05) is 0 Å². The quantitative estimate of drug-likeness (QED) is 0.690. The van der Waals surface area contributed by atoms with Crippen LogP contribution in [0, 0.1) is 6.92 Å². The summed E-state index contributed by atoms with van der Waals surface area (Å²) in [6.45, 7) is 3.51. The second kappa shape index (κ2) is 3.12. The molecule has 0 atom stereocenters. The molecule has 1 N–H and O–H groups in total. The molecule has 0 bridgehead atoms. The summed E-state index contributed by atoms with van der Waals surface area (Å²) in [6, 6.07) is 1.71. The highest BCUT2D eigenvalue weighted by molar-refractivity contribution is 5.99. The minimum absolute atomic E-state index is 0.0272. The smallest absolute Gasteiger partial charge is 0.163 e. The van der Waals surface area contributed by atoms with Crippen LogP contribution in [0.1, 0.15) is 40.4 Å². The highest BCUT2D eigenvalue weighted by Crippen LogP contribution is 2.34. The molecule has 0 heterocycles. The summed E-state index contributed by atoms with van der Waals surface area (Å²) in [5.74, 6) is 0.122. The summed E-state index contributed by atoms with van der Waals surface area (Å²) in [5.41, 5.74) is 4.01. The maximum atomic E-state index is 11.4. The lowest BCUT2D eigenvalue weighted by Gasteiger charge is -2.10. The van der Waals surface area contributed by atoms with E-state index in [-0.39, 0.29) is 11.5 Å². The van der Waals surface area contributed by atoms with Gasteiger partial charge in [-0.1, -0.05) is 0 Å². The average Bonchev–Trinajstić information content (AvgIpc) is 2.51. The van der Waals surface area contributed by atoms with Crippen LogP contribution in [0.2, 0.25) is 0 Å². The van der Waals surface area contributed by atoms with Gasteiger partial charge in [-0.25, -0.2) is 0 Å². The molecule has 2 nitrogen and oxygen atoms in total. The van der Waals surface area contributed by atoms with Gasteiger partial charge in [-0.15, -0.1) is 0 Å². The van der Waals surface area contributed by atoms with E-state index in [0.29, 0.717) is 5.56 Å². The number of phenols is 1. The summed E-state index contributed by atoms with van der Waals surface area (Å²) in [5, 5.41) is 9.71. The van der Waals surface area contributed by atoms with Crippen molar-refractivity contribution in [1.82, 2.24) is 0 Å². The van der Waals surface area contributed by atoms with Gasteiger partial charge in [-0.05, 0) is 55.9 Å². The molecular weight excluding hydrogens is 176 g/mol. The van der Waals surface area contributed by atoms with E-state index in [1.165, 1.54) is 12.5 Å². The number of carbonyl (C=O) groups is 1. The molecule has 1 aromatic carbocycles. The number of carbonyl (C=O) groups excluding carboxylic acids is 1. The Morgan fingerprint density at radius 3 is 2.64 bits per heavy atom. The van der Waals surface area contributed by atoms with Crippen molar-refractivity contribution in [1.29, 1.82) is 0 Å². The Hall–Kier alpha value is -1.31. The van der Waals surface area contributed by atoms with E-state index in [9.17, 15) is 9.90 Å². The SMILES string of the molecule is CC(=O)c1c(O)cc(C)c2c1CCC2. The second-order valence-electron chi connectivity index (χ2n) is 3.95. The second-order valence-corrected chi connectivity index (χ2v) is 3.95. The van der Waals surface area contributed by atoms with Gasteiger partial charge < -0.3 is 5.11 Å². The number of phenolic OH excluding ortho intramolecular Hbond substituents is 1. The van der Waals surface area contributed by atoms with Gasteiger partial charge in [0, 0.05) is 0 Å². The zero-order chi connectivity index (χ0) is 10.3. The molecule has 1 aliphatic rings. The molecule has 2 rings (SSSR count). The first-order valence-corrected chi connectivity index (χ1v) is 4.96. The third-order valence-corrected chi connectivity index (χ3v) is 2.96. The molecule has 0 radical (unpaired) electrons. The van der Waals surface area contributed by atoms with Crippen LogP contribution in [0.25, 0.3) is 0 Å². The normalized spacial score (nSPS) is 14.1. The number of aryl methyl sites for hydroxylation is 1. The van der Waals surface area contributed by atoms with Crippen molar-refractivity contribution < 1.29 is 9.90 Å². The molecule has 74 valence electrons. The number of ketones is 1. The third kappa shape index (κ3) is 1.22. The van der Waals surface area contributed by atoms with Crippen molar-refractivity contribution in [2.24, 2.45) is 0 Å². The topological polar surface area (TPSA) is 37.3 Å². The number of benzene rings is 1. The van der Waals surface area contributed by atoms with Crippen molar-refractivity contribution in [3.8, 4) is 5.75 Å². The van der Waals surface area contributed by atoms with Crippen LogP contribution in [-0.2, 0) is 12.8 Å². The number of fused-ring (bicyclic) bond motifs is 1. The van der Waals surface area contributed by atoms with Crippen LogP contribution in [0.15, 0.2) is 6.07 Å². The fourth-order valence-corrected chi connectivity index (χ4v) is 2.37. The van der Waals surface area contributed by atoms with Gasteiger partial charge >= 0.3 is 0 Å². The average molecular weight is 190 g/mol. The summed E-state index contributed by atoms with van der Waals surface area (Å²) in [4.78, 5) is 11.4. The summed E-state index contributed by atoms with van der Waals surface area (Å²) in [7, 11) is 0. The largest absolute Gasteiger partial charge is 0.507 e. The van der Waals surface area contributed by atoms with Crippen molar-refractivity contribution in [2.45, 2.75) is 33.1 Å². The van der Waals surface area contributed by atoms with E-state index in [1.807, 2.05) is 6.92 Å². The Kier molecular flexibility index (Phi) is 2.06. The van der Waals surface area contributed by atoms with Gasteiger partial charge in [0.1, 0.15) is 5.75 Å². The first-order valence-electron chi connectivity index (χ1n) is 4.96. The van der Waals surface area contributed by atoms with Gasteiger partial charge in [0.2, 0.25) is 0 Å². The molecule has 0 saturated heterocycles. The van der Waals surface area contributed by atoms with Crippen LogP contribution in [0.4, 0.5) is 0 Å². The van der Waals surface area contributed by atoms with Crippen LogP contribution < -0.4 is 0 Å². The summed E-state index contributed by atoms with van der Waals surface area (Å²) in [6.07, 6.45) is 3.07. The third-order valence-electron chi connectivity index (χ3n) is 2.96. The lowest BCUT2D eigenvalue weighted by molar-refractivity contribution is 0.101. The lowest BCUT2D eigenvalue weighted by atomic mass is 9.96. The Bertz CT molecular complexity index is 405. The van der Waals surface area contributed by atoms with Gasteiger partial charge in [-0.2, -0.15) is 0 Å².